The fourth-order valence-electron chi connectivity index (χ4n) is 1.94. The summed E-state index contributed by atoms with van der Waals surface area (Å²) in [4.78, 5) is 25.5. The number of allylic oxidation sites excluding steroid dienone is 1. The highest BCUT2D eigenvalue weighted by molar-refractivity contribution is 6.00. The first kappa shape index (κ1) is 14.0. The largest absolute Gasteiger partial charge is 0.478 e. The van der Waals surface area contributed by atoms with Gasteiger partial charge < -0.3 is 10.0 Å². The predicted molar refractivity (Wildman–Crippen MR) is 67.2 cm³/mol. The zero-order valence-electron chi connectivity index (χ0n) is 10.9. The molecular formula is C13H12F2N2O3. The number of hydrogen-bond donors (Lipinski definition) is 1. The van der Waals surface area contributed by atoms with Crippen LogP contribution in [-0.2, 0) is 4.79 Å². The Kier molecular flexibility index (Phi) is 3.44. The molecule has 0 bridgehead atoms. The van der Waals surface area contributed by atoms with Gasteiger partial charge in [-0.1, -0.05) is 0 Å². The van der Waals surface area contributed by atoms with Crippen molar-refractivity contribution in [3.05, 3.63) is 41.1 Å². The highest BCUT2D eigenvalue weighted by atomic mass is 19.2. The molecule has 1 heterocycles. The lowest BCUT2D eigenvalue weighted by molar-refractivity contribution is -0.132. The van der Waals surface area contributed by atoms with Crippen LogP contribution in [0.1, 0.15) is 6.92 Å². The number of urea groups is 1. The van der Waals surface area contributed by atoms with E-state index >= 15 is 0 Å². The Balaban J connectivity index is 2.45. The molecule has 5 nitrogen and oxygen atoms in total. The lowest BCUT2D eigenvalue weighted by Crippen LogP contribution is -2.47. The minimum atomic E-state index is -1.16. The van der Waals surface area contributed by atoms with Gasteiger partial charge in [0.1, 0.15) is 0 Å². The Bertz CT molecular complexity index is 628. The Morgan fingerprint density at radius 2 is 1.95 bits per heavy atom. The van der Waals surface area contributed by atoms with Crippen molar-refractivity contribution in [3.8, 4) is 0 Å². The molecule has 0 saturated heterocycles. The average Bonchev–Trinajstić information content (AvgIpc) is 2.39. The molecule has 1 aromatic rings. The molecule has 0 aromatic heterocycles. The number of halogens is 2. The van der Waals surface area contributed by atoms with Gasteiger partial charge in [-0.15, -0.1) is 0 Å². The van der Waals surface area contributed by atoms with Crippen LogP contribution < -0.4 is 4.90 Å². The van der Waals surface area contributed by atoms with E-state index in [4.69, 9.17) is 5.11 Å². The van der Waals surface area contributed by atoms with Crippen LogP contribution in [0.2, 0.25) is 0 Å². The maximum Gasteiger partial charge on any atom is 0.335 e. The number of anilines is 1. The Morgan fingerprint density at radius 1 is 1.30 bits per heavy atom. The number of carboxylic acid groups (broad SMARTS) is 1. The van der Waals surface area contributed by atoms with Crippen LogP contribution in [0.25, 0.3) is 0 Å². The molecule has 2 rings (SSSR count). The predicted octanol–water partition coefficient (Wildman–Crippen LogP) is 2.20. The second-order valence-corrected chi connectivity index (χ2v) is 4.40. The van der Waals surface area contributed by atoms with Gasteiger partial charge in [-0.2, -0.15) is 0 Å². The fraction of sp³-hybridized carbons (Fsp3) is 0.231. The molecule has 106 valence electrons. The number of carbonyl (C=O) groups is 2. The van der Waals surface area contributed by atoms with Crippen molar-refractivity contribution in [2.75, 3.05) is 18.5 Å². The van der Waals surface area contributed by atoms with Gasteiger partial charge in [-0.25, -0.2) is 18.4 Å². The smallest absolute Gasteiger partial charge is 0.335 e. The number of amides is 2. The second-order valence-electron chi connectivity index (χ2n) is 4.40. The average molecular weight is 282 g/mol. The summed E-state index contributed by atoms with van der Waals surface area (Å²) in [5.41, 5.74) is 0.449. The Morgan fingerprint density at radius 3 is 2.50 bits per heavy atom. The van der Waals surface area contributed by atoms with E-state index in [0.29, 0.717) is 5.70 Å². The highest BCUT2D eigenvalue weighted by Gasteiger charge is 2.32. The zero-order valence-corrected chi connectivity index (χ0v) is 10.9. The van der Waals surface area contributed by atoms with Crippen molar-refractivity contribution in [2.45, 2.75) is 6.92 Å². The highest BCUT2D eigenvalue weighted by Crippen LogP contribution is 2.26. The van der Waals surface area contributed by atoms with Crippen LogP contribution in [-0.4, -0.2) is 35.6 Å². The van der Waals surface area contributed by atoms with Crippen molar-refractivity contribution >= 4 is 17.7 Å². The number of carbonyl (C=O) groups excluding carboxylic acids is 1. The lowest BCUT2D eigenvalue weighted by Gasteiger charge is -2.34. The number of hydrogen-bond acceptors (Lipinski definition) is 2. The third kappa shape index (κ3) is 2.22. The first-order valence-corrected chi connectivity index (χ1v) is 5.76. The molecule has 0 unspecified atom stereocenters. The first-order valence-electron chi connectivity index (χ1n) is 5.76. The molecule has 0 radical (unpaired) electrons. The van der Waals surface area contributed by atoms with Gasteiger partial charge in [0.05, 0.1) is 12.1 Å². The molecule has 20 heavy (non-hydrogen) atoms. The van der Waals surface area contributed by atoms with Crippen molar-refractivity contribution in [1.82, 2.24) is 4.90 Å². The maximum absolute atomic E-state index is 13.2. The van der Waals surface area contributed by atoms with Crippen LogP contribution in [0, 0.1) is 11.6 Å². The van der Waals surface area contributed by atoms with Crippen molar-refractivity contribution in [2.24, 2.45) is 0 Å². The van der Waals surface area contributed by atoms with Gasteiger partial charge in [0.2, 0.25) is 0 Å². The molecule has 2 amide bonds. The van der Waals surface area contributed by atoms with E-state index in [1.807, 2.05) is 0 Å². The van der Waals surface area contributed by atoms with Crippen molar-refractivity contribution in [3.63, 3.8) is 0 Å². The Labute approximate surface area is 113 Å². The summed E-state index contributed by atoms with van der Waals surface area (Å²) < 4.78 is 26.2. The third-order valence-electron chi connectivity index (χ3n) is 3.25. The molecule has 0 atom stereocenters. The standard InChI is InChI=1S/C13H12F2N2O3/c1-7-9(12(18)19)6-17(13(20)16(7)2)8-3-4-10(14)11(15)5-8/h3-5H,6H2,1-2H3,(H,18,19). The zero-order chi connectivity index (χ0) is 15.0. The molecule has 1 aromatic carbocycles. The van der Waals surface area contributed by atoms with Crippen molar-refractivity contribution in [1.29, 1.82) is 0 Å². The van der Waals surface area contributed by atoms with E-state index in [1.54, 1.807) is 0 Å². The van der Waals surface area contributed by atoms with Crippen LogP contribution in [0.3, 0.4) is 0 Å². The minimum absolute atomic E-state index is 0.0248. The van der Waals surface area contributed by atoms with Gasteiger partial charge in [0.15, 0.2) is 11.6 Å². The molecule has 7 heteroatoms. The quantitative estimate of drug-likeness (QED) is 0.904. The van der Waals surface area contributed by atoms with E-state index < -0.39 is 23.6 Å². The molecule has 0 spiro atoms. The summed E-state index contributed by atoms with van der Waals surface area (Å²) in [6.45, 7) is 1.32. The fourth-order valence-corrected chi connectivity index (χ4v) is 1.94. The van der Waals surface area contributed by atoms with E-state index in [2.05, 4.69) is 0 Å². The van der Waals surface area contributed by atoms with Crippen LogP contribution >= 0.6 is 0 Å². The van der Waals surface area contributed by atoms with E-state index in [0.717, 1.165) is 21.9 Å². The summed E-state index contributed by atoms with van der Waals surface area (Å²) in [7, 11) is 1.42. The topological polar surface area (TPSA) is 60.9 Å². The van der Waals surface area contributed by atoms with Gasteiger partial charge in [-0.3, -0.25) is 4.90 Å². The summed E-state index contributed by atoms with van der Waals surface area (Å²) in [5.74, 6) is -3.28. The lowest BCUT2D eigenvalue weighted by atomic mass is 10.1. The summed E-state index contributed by atoms with van der Waals surface area (Å²) in [6.07, 6.45) is 0. The van der Waals surface area contributed by atoms with Crippen LogP contribution in [0.5, 0.6) is 0 Å². The van der Waals surface area contributed by atoms with Gasteiger partial charge in [0, 0.05) is 24.5 Å². The van der Waals surface area contributed by atoms with Crippen LogP contribution in [0.4, 0.5) is 19.3 Å². The number of rotatable bonds is 2. The maximum atomic E-state index is 13.2. The second kappa shape index (κ2) is 4.92. The van der Waals surface area contributed by atoms with Gasteiger partial charge >= 0.3 is 12.0 Å². The number of aliphatic carboxylic acids is 1. The first-order chi connectivity index (χ1) is 9.32. The molecule has 1 aliphatic rings. The minimum Gasteiger partial charge on any atom is -0.478 e. The number of nitrogens with zero attached hydrogens (tertiary/aromatic N) is 2. The molecular weight excluding hydrogens is 270 g/mol. The number of carboxylic acids is 1. The monoisotopic (exact) mass is 282 g/mol. The number of benzene rings is 1. The molecule has 1 aliphatic heterocycles. The van der Waals surface area contributed by atoms with E-state index in [1.165, 1.54) is 20.0 Å². The Hall–Kier alpha value is -2.44. The molecule has 0 aliphatic carbocycles. The molecule has 1 N–H and O–H groups in total. The summed E-state index contributed by atoms with van der Waals surface area (Å²) in [6, 6.07) is 2.48. The molecule has 0 saturated carbocycles. The van der Waals surface area contributed by atoms with E-state index in [9.17, 15) is 18.4 Å². The van der Waals surface area contributed by atoms with Crippen LogP contribution in [0.15, 0.2) is 29.5 Å². The van der Waals surface area contributed by atoms with Gasteiger partial charge in [0.25, 0.3) is 0 Å². The SMILES string of the molecule is CC1=C(C(=O)O)CN(c2ccc(F)c(F)c2)C(=O)N1C. The summed E-state index contributed by atoms with van der Waals surface area (Å²) in [5, 5.41) is 9.12. The third-order valence-corrected chi connectivity index (χ3v) is 3.25. The normalized spacial score (nSPS) is 15.9. The van der Waals surface area contributed by atoms with Gasteiger partial charge in [-0.05, 0) is 19.1 Å². The molecule has 0 fully saturated rings. The van der Waals surface area contributed by atoms with Crippen molar-refractivity contribution < 1.29 is 23.5 Å². The van der Waals surface area contributed by atoms with E-state index in [-0.39, 0.29) is 17.8 Å². The summed E-state index contributed by atoms with van der Waals surface area (Å²) >= 11 is 0.